The summed E-state index contributed by atoms with van der Waals surface area (Å²) in [7, 11) is 1.57. The number of carbonyl (C=O) groups is 1. The van der Waals surface area contributed by atoms with E-state index in [1.54, 1.807) is 59.0 Å². The number of methoxy groups -OCH3 is 1. The van der Waals surface area contributed by atoms with Gasteiger partial charge in [0.2, 0.25) is 0 Å². The lowest BCUT2D eigenvalue weighted by atomic mass is 10.1. The van der Waals surface area contributed by atoms with Crippen molar-refractivity contribution in [1.82, 2.24) is 14.5 Å². The minimum atomic E-state index is -0.419. The summed E-state index contributed by atoms with van der Waals surface area (Å²) in [6, 6.07) is 11.7. The highest BCUT2D eigenvalue weighted by Crippen LogP contribution is 2.25. The fourth-order valence-electron chi connectivity index (χ4n) is 3.71. The summed E-state index contributed by atoms with van der Waals surface area (Å²) in [5.74, 6) is 1.25. The second-order valence-corrected chi connectivity index (χ2v) is 8.38. The van der Waals surface area contributed by atoms with Gasteiger partial charge in [-0.25, -0.2) is 4.98 Å². The molecule has 0 N–H and O–H groups in total. The molecule has 0 aliphatic heterocycles. The van der Waals surface area contributed by atoms with Gasteiger partial charge in [-0.3, -0.25) is 14.2 Å². The van der Waals surface area contributed by atoms with Gasteiger partial charge in [0.15, 0.2) is 0 Å². The van der Waals surface area contributed by atoms with Gasteiger partial charge in [-0.2, -0.15) is 0 Å². The van der Waals surface area contributed by atoms with E-state index in [2.05, 4.69) is 13.8 Å². The predicted molar refractivity (Wildman–Crippen MR) is 124 cm³/mol. The molecule has 0 aliphatic carbocycles. The standard InChI is InChI=1S/C24H28ClN3O3/c1-6-27-22(26-21-13-18(25)10-11-20(21)24(27)30)16(4)28(14-15(2)3)23(29)17-8-7-9-19(12-17)31-5/h7-13,15-16H,6,14H2,1-5H3. The maximum Gasteiger partial charge on any atom is 0.261 e. The molecule has 2 aromatic carbocycles. The monoisotopic (exact) mass is 441 g/mol. The molecule has 1 aromatic heterocycles. The van der Waals surface area contributed by atoms with Gasteiger partial charge in [-0.15, -0.1) is 0 Å². The van der Waals surface area contributed by atoms with Gasteiger partial charge in [0.1, 0.15) is 11.6 Å². The van der Waals surface area contributed by atoms with Crippen molar-refractivity contribution in [2.24, 2.45) is 5.92 Å². The highest BCUT2D eigenvalue weighted by Gasteiger charge is 2.27. The van der Waals surface area contributed by atoms with Crippen LogP contribution in [-0.2, 0) is 6.54 Å². The Morgan fingerprint density at radius 2 is 1.94 bits per heavy atom. The van der Waals surface area contributed by atoms with Crippen LogP contribution in [0.15, 0.2) is 47.3 Å². The van der Waals surface area contributed by atoms with Crippen LogP contribution in [-0.4, -0.2) is 34.0 Å². The average molecular weight is 442 g/mol. The second-order valence-electron chi connectivity index (χ2n) is 7.94. The lowest BCUT2D eigenvalue weighted by Gasteiger charge is -2.32. The number of amides is 1. The third-order valence-electron chi connectivity index (χ3n) is 5.24. The number of benzene rings is 2. The third kappa shape index (κ3) is 4.74. The zero-order valence-electron chi connectivity index (χ0n) is 18.6. The number of nitrogens with zero attached hydrogens (tertiary/aromatic N) is 3. The number of halogens is 1. The van der Waals surface area contributed by atoms with Crippen molar-refractivity contribution in [2.75, 3.05) is 13.7 Å². The normalized spacial score (nSPS) is 12.2. The fraction of sp³-hybridized carbons (Fsp3) is 0.375. The first-order chi connectivity index (χ1) is 14.8. The summed E-state index contributed by atoms with van der Waals surface area (Å²) in [6.45, 7) is 8.89. The summed E-state index contributed by atoms with van der Waals surface area (Å²) < 4.78 is 6.91. The molecule has 0 aliphatic rings. The highest BCUT2D eigenvalue weighted by atomic mass is 35.5. The molecule has 164 valence electrons. The number of fused-ring (bicyclic) bond motifs is 1. The number of aromatic nitrogens is 2. The van der Waals surface area contributed by atoms with E-state index in [1.165, 1.54) is 0 Å². The Morgan fingerprint density at radius 1 is 1.19 bits per heavy atom. The minimum absolute atomic E-state index is 0.135. The number of ether oxygens (including phenoxy) is 1. The summed E-state index contributed by atoms with van der Waals surface area (Å²) >= 11 is 6.14. The molecule has 0 fully saturated rings. The molecule has 0 bridgehead atoms. The van der Waals surface area contributed by atoms with Crippen LogP contribution in [0.3, 0.4) is 0 Å². The quantitative estimate of drug-likeness (QED) is 0.521. The van der Waals surface area contributed by atoms with Crippen LogP contribution < -0.4 is 10.3 Å². The van der Waals surface area contributed by atoms with E-state index in [0.29, 0.717) is 46.2 Å². The van der Waals surface area contributed by atoms with Crippen molar-refractivity contribution < 1.29 is 9.53 Å². The SMILES string of the molecule is CCn1c(C(C)N(CC(C)C)C(=O)c2cccc(OC)c2)nc2cc(Cl)ccc2c1=O. The van der Waals surface area contributed by atoms with Crippen LogP contribution >= 0.6 is 11.6 Å². The largest absolute Gasteiger partial charge is 0.497 e. The number of rotatable bonds is 7. The molecule has 6 nitrogen and oxygen atoms in total. The van der Waals surface area contributed by atoms with Crippen LogP contribution in [0.4, 0.5) is 0 Å². The van der Waals surface area contributed by atoms with E-state index in [-0.39, 0.29) is 17.4 Å². The first-order valence-corrected chi connectivity index (χ1v) is 10.8. The second kappa shape index (κ2) is 9.52. The van der Waals surface area contributed by atoms with Crippen LogP contribution in [0.2, 0.25) is 5.02 Å². The van der Waals surface area contributed by atoms with Crippen LogP contribution in [0.25, 0.3) is 10.9 Å². The van der Waals surface area contributed by atoms with Gasteiger partial charge in [0.25, 0.3) is 11.5 Å². The van der Waals surface area contributed by atoms with E-state index in [0.717, 1.165) is 0 Å². The van der Waals surface area contributed by atoms with E-state index >= 15 is 0 Å². The smallest absolute Gasteiger partial charge is 0.261 e. The zero-order valence-corrected chi connectivity index (χ0v) is 19.3. The molecule has 0 spiro atoms. The fourth-order valence-corrected chi connectivity index (χ4v) is 3.87. The number of carbonyl (C=O) groups excluding carboxylic acids is 1. The molecule has 7 heteroatoms. The van der Waals surface area contributed by atoms with E-state index in [1.807, 2.05) is 13.8 Å². The Kier molecular flexibility index (Phi) is 7.01. The van der Waals surface area contributed by atoms with E-state index in [9.17, 15) is 9.59 Å². The van der Waals surface area contributed by atoms with Crippen molar-refractivity contribution in [1.29, 1.82) is 0 Å². The maximum absolute atomic E-state index is 13.5. The third-order valence-corrected chi connectivity index (χ3v) is 5.48. The first kappa shape index (κ1) is 22.8. The van der Waals surface area contributed by atoms with Gasteiger partial charge in [0, 0.05) is 23.7 Å². The number of hydrogen-bond acceptors (Lipinski definition) is 4. The molecule has 3 rings (SSSR count). The Morgan fingerprint density at radius 3 is 2.58 bits per heavy atom. The molecular formula is C24H28ClN3O3. The van der Waals surface area contributed by atoms with Gasteiger partial charge >= 0.3 is 0 Å². The van der Waals surface area contributed by atoms with Gasteiger partial charge in [-0.1, -0.05) is 31.5 Å². The molecule has 1 atom stereocenters. The summed E-state index contributed by atoms with van der Waals surface area (Å²) in [4.78, 5) is 33.2. The minimum Gasteiger partial charge on any atom is -0.497 e. The van der Waals surface area contributed by atoms with Crippen LogP contribution in [0.5, 0.6) is 5.75 Å². The lowest BCUT2D eigenvalue weighted by molar-refractivity contribution is 0.0652. The maximum atomic E-state index is 13.5. The molecule has 1 amide bonds. The molecule has 0 saturated heterocycles. The highest BCUT2D eigenvalue weighted by molar-refractivity contribution is 6.31. The molecule has 31 heavy (non-hydrogen) atoms. The molecule has 1 heterocycles. The van der Waals surface area contributed by atoms with Gasteiger partial charge < -0.3 is 9.64 Å². The molecule has 0 saturated carbocycles. The summed E-state index contributed by atoms with van der Waals surface area (Å²) in [6.07, 6.45) is 0. The number of hydrogen-bond donors (Lipinski definition) is 0. The molecule has 1 unspecified atom stereocenters. The average Bonchev–Trinajstić information content (AvgIpc) is 2.76. The molecule has 0 radical (unpaired) electrons. The lowest BCUT2D eigenvalue weighted by Crippen LogP contribution is -2.39. The summed E-state index contributed by atoms with van der Waals surface area (Å²) in [5.41, 5.74) is 0.924. The van der Waals surface area contributed by atoms with Crippen molar-refractivity contribution in [2.45, 2.75) is 40.3 Å². The molecule has 3 aromatic rings. The summed E-state index contributed by atoms with van der Waals surface area (Å²) in [5, 5.41) is 1.02. The zero-order chi connectivity index (χ0) is 22.7. The Labute approximate surface area is 187 Å². The van der Waals surface area contributed by atoms with E-state index < -0.39 is 6.04 Å². The van der Waals surface area contributed by atoms with Crippen molar-refractivity contribution in [3.8, 4) is 5.75 Å². The van der Waals surface area contributed by atoms with Crippen molar-refractivity contribution in [3.05, 3.63) is 69.2 Å². The van der Waals surface area contributed by atoms with Crippen molar-refractivity contribution in [3.63, 3.8) is 0 Å². The Balaban J connectivity index is 2.13. The van der Waals surface area contributed by atoms with Crippen molar-refractivity contribution >= 4 is 28.4 Å². The Hall–Kier alpha value is -2.86. The topological polar surface area (TPSA) is 64.4 Å². The molecular weight excluding hydrogens is 414 g/mol. The van der Waals surface area contributed by atoms with Gasteiger partial charge in [-0.05, 0) is 56.2 Å². The first-order valence-electron chi connectivity index (χ1n) is 10.4. The van der Waals surface area contributed by atoms with Gasteiger partial charge in [0.05, 0.1) is 24.1 Å². The van der Waals surface area contributed by atoms with Crippen LogP contribution in [0.1, 0.15) is 49.9 Å². The Bertz CT molecular complexity index is 1160. The van der Waals surface area contributed by atoms with Crippen LogP contribution in [0, 0.1) is 5.92 Å². The van der Waals surface area contributed by atoms with E-state index in [4.69, 9.17) is 21.3 Å². The predicted octanol–water partition coefficient (Wildman–Crippen LogP) is 4.94.